The molecule has 1 aromatic heterocycles. The Bertz CT molecular complexity index is 527. The molecule has 0 radical (unpaired) electrons. The van der Waals surface area contributed by atoms with Gasteiger partial charge in [0.05, 0.1) is 0 Å². The van der Waals surface area contributed by atoms with Gasteiger partial charge in [0.15, 0.2) is 0 Å². The minimum Gasteiger partial charge on any atom is -0.353 e. The SMILES string of the molecule is CCCCN(CCC)C(=O)C(=O)N1CCN(c2ccccn2)CC1. The first-order chi connectivity index (χ1) is 11.7. The zero-order valence-electron chi connectivity index (χ0n) is 14.8. The molecule has 6 nitrogen and oxygen atoms in total. The first-order valence-electron chi connectivity index (χ1n) is 8.91. The molecule has 0 atom stereocenters. The summed E-state index contributed by atoms with van der Waals surface area (Å²) in [5.41, 5.74) is 0. The van der Waals surface area contributed by atoms with Gasteiger partial charge in [-0.3, -0.25) is 9.59 Å². The number of anilines is 1. The van der Waals surface area contributed by atoms with Crippen molar-refractivity contribution in [2.75, 3.05) is 44.2 Å². The summed E-state index contributed by atoms with van der Waals surface area (Å²) >= 11 is 0. The second-order valence-electron chi connectivity index (χ2n) is 6.11. The Balaban J connectivity index is 1.90. The molecular formula is C18H28N4O2. The van der Waals surface area contributed by atoms with Crippen LogP contribution in [-0.2, 0) is 9.59 Å². The van der Waals surface area contributed by atoms with Crippen LogP contribution in [0.4, 0.5) is 5.82 Å². The molecule has 0 bridgehead atoms. The molecule has 0 spiro atoms. The van der Waals surface area contributed by atoms with Crippen molar-refractivity contribution in [3.05, 3.63) is 24.4 Å². The summed E-state index contributed by atoms with van der Waals surface area (Å²) in [6.45, 7) is 7.98. The van der Waals surface area contributed by atoms with Crippen LogP contribution in [-0.4, -0.2) is 65.9 Å². The highest BCUT2D eigenvalue weighted by molar-refractivity contribution is 6.34. The molecule has 2 amide bonds. The van der Waals surface area contributed by atoms with Crippen molar-refractivity contribution >= 4 is 17.6 Å². The minimum absolute atomic E-state index is 0.350. The molecular weight excluding hydrogens is 304 g/mol. The molecule has 2 rings (SSSR count). The van der Waals surface area contributed by atoms with E-state index in [-0.39, 0.29) is 11.8 Å². The number of unbranched alkanes of at least 4 members (excludes halogenated alkanes) is 1. The third kappa shape index (κ3) is 4.69. The van der Waals surface area contributed by atoms with E-state index in [1.807, 2.05) is 25.1 Å². The number of pyridine rings is 1. The van der Waals surface area contributed by atoms with Crippen molar-refractivity contribution in [1.82, 2.24) is 14.8 Å². The summed E-state index contributed by atoms with van der Waals surface area (Å²) in [4.78, 5) is 34.9. The summed E-state index contributed by atoms with van der Waals surface area (Å²) in [5.74, 6) is 0.211. The smallest absolute Gasteiger partial charge is 0.312 e. The van der Waals surface area contributed by atoms with Crippen LogP contribution in [0.25, 0.3) is 0 Å². The lowest BCUT2D eigenvalue weighted by Crippen LogP contribution is -2.53. The summed E-state index contributed by atoms with van der Waals surface area (Å²) in [7, 11) is 0. The Morgan fingerprint density at radius 3 is 2.42 bits per heavy atom. The molecule has 1 aromatic rings. The van der Waals surface area contributed by atoms with E-state index >= 15 is 0 Å². The predicted molar refractivity (Wildman–Crippen MR) is 94.8 cm³/mol. The summed E-state index contributed by atoms with van der Waals surface area (Å²) in [6, 6.07) is 5.82. The molecule has 0 unspecified atom stereocenters. The molecule has 1 saturated heterocycles. The maximum Gasteiger partial charge on any atom is 0.312 e. The Labute approximate surface area is 144 Å². The monoisotopic (exact) mass is 332 g/mol. The normalized spacial score (nSPS) is 14.6. The average molecular weight is 332 g/mol. The maximum atomic E-state index is 12.5. The van der Waals surface area contributed by atoms with Crippen molar-refractivity contribution in [3.63, 3.8) is 0 Å². The van der Waals surface area contributed by atoms with Gasteiger partial charge in [-0.1, -0.05) is 26.3 Å². The third-order valence-corrected chi connectivity index (χ3v) is 4.29. The van der Waals surface area contributed by atoms with Crippen LogP contribution in [0.5, 0.6) is 0 Å². The lowest BCUT2D eigenvalue weighted by Gasteiger charge is -2.35. The third-order valence-electron chi connectivity index (χ3n) is 4.29. The van der Waals surface area contributed by atoms with Gasteiger partial charge < -0.3 is 14.7 Å². The van der Waals surface area contributed by atoms with Crippen LogP contribution < -0.4 is 4.90 Å². The number of nitrogens with zero attached hydrogens (tertiary/aromatic N) is 4. The van der Waals surface area contributed by atoms with Crippen LogP contribution in [0.2, 0.25) is 0 Å². The largest absolute Gasteiger partial charge is 0.353 e. The van der Waals surface area contributed by atoms with Crippen molar-refractivity contribution in [2.24, 2.45) is 0 Å². The van der Waals surface area contributed by atoms with Gasteiger partial charge in [-0.15, -0.1) is 0 Å². The highest BCUT2D eigenvalue weighted by Gasteiger charge is 2.29. The molecule has 0 aromatic carbocycles. The first-order valence-corrected chi connectivity index (χ1v) is 8.91. The highest BCUT2D eigenvalue weighted by Crippen LogP contribution is 2.13. The molecule has 24 heavy (non-hydrogen) atoms. The van der Waals surface area contributed by atoms with Crippen molar-refractivity contribution in [1.29, 1.82) is 0 Å². The Morgan fingerprint density at radius 1 is 1.08 bits per heavy atom. The van der Waals surface area contributed by atoms with Crippen molar-refractivity contribution in [2.45, 2.75) is 33.1 Å². The Kier molecular flexibility index (Phi) is 7.03. The summed E-state index contributed by atoms with van der Waals surface area (Å²) < 4.78 is 0. The number of hydrogen-bond donors (Lipinski definition) is 0. The number of aromatic nitrogens is 1. The number of rotatable bonds is 6. The van der Waals surface area contributed by atoms with E-state index in [1.54, 1.807) is 16.0 Å². The summed E-state index contributed by atoms with van der Waals surface area (Å²) in [6.07, 6.45) is 4.60. The zero-order valence-corrected chi connectivity index (χ0v) is 14.8. The Morgan fingerprint density at radius 2 is 1.83 bits per heavy atom. The molecule has 0 saturated carbocycles. The van der Waals surface area contributed by atoms with Gasteiger partial charge in [0, 0.05) is 45.5 Å². The van der Waals surface area contributed by atoms with Gasteiger partial charge in [-0.05, 0) is 25.0 Å². The van der Waals surface area contributed by atoms with Crippen LogP contribution in [0.15, 0.2) is 24.4 Å². The van der Waals surface area contributed by atoms with Gasteiger partial charge in [-0.25, -0.2) is 4.98 Å². The van der Waals surface area contributed by atoms with Crippen molar-refractivity contribution < 1.29 is 9.59 Å². The topological polar surface area (TPSA) is 56.8 Å². The maximum absolute atomic E-state index is 12.5. The molecule has 6 heteroatoms. The van der Waals surface area contributed by atoms with Crippen LogP contribution in [0.1, 0.15) is 33.1 Å². The van der Waals surface area contributed by atoms with E-state index in [4.69, 9.17) is 0 Å². The van der Waals surface area contributed by atoms with E-state index in [0.29, 0.717) is 39.3 Å². The highest BCUT2D eigenvalue weighted by atomic mass is 16.2. The van der Waals surface area contributed by atoms with Gasteiger partial charge in [-0.2, -0.15) is 0 Å². The van der Waals surface area contributed by atoms with Crippen LogP contribution in [0, 0.1) is 0 Å². The first kappa shape index (κ1) is 18.2. The average Bonchev–Trinajstić information content (AvgIpc) is 2.65. The molecule has 0 aliphatic carbocycles. The second kappa shape index (κ2) is 9.25. The quantitative estimate of drug-likeness (QED) is 0.745. The molecule has 1 aliphatic heterocycles. The number of carbonyl (C=O) groups is 2. The van der Waals surface area contributed by atoms with E-state index in [9.17, 15) is 9.59 Å². The molecule has 0 N–H and O–H groups in total. The van der Waals surface area contributed by atoms with Gasteiger partial charge in [0.2, 0.25) is 0 Å². The van der Waals surface area contributed by atoms with E-state index in [0.717, 1.165) is 25.1 Å². The fraction of sp³-hybridized carbons (Fsp3) is 0.611. The standard InChI is InChI=1S/C18H28N4O2/c1-3-5-11-21(10-4-2)17(23)18(24)22-14-12-20(13-15-22)16-8-6-7-9-19-16/h6-9H,3-5,10-15H2,1-2H3. The molecule has 132 valence electrons. The fourth-order valence-corrected chi connectivity index (χ4v) is 2.88. The number of amides is 2. The number of carbonyl (C=O) groups excluding carboxylic acids is 2. The molecule has 2 heterocycles. The van der Waals surface area contributed by atoms with E-state index in [2.05, 4.69) is 16.8 Å². The molecule has 1 aliphatic rings. The number of hydrogen-bond acceptors (Lipinski definition) is 4. The van der Waals surface area contributed by atoms with Crippen LogP contribution in [0.3, 0.4) is 0 Å². The number of piperazine rings is 1. The van der Waals surface area contributed by atoms with Crippen molar-refractivity contribution in [3.8, 4) is 0 Å². The summed E-state index contributed by atoms with van der Waals surface area (Å²) in [5, 5.41) is 0. The van der Waals surface area contributed by atoms with Gasteiger partial charge >= 0.3 is 11.8 Å². The second-order valence-corrected chi connectivity index (χ2v) is 6.11. The van der Waals surface area contributed by atoms with E-state index < -0.39 is 0 Å². The predicted octanol–water partition coefficient (Wildman–Crippen LogP) is 1.77. The Hall–Kier alpha value is -2.11. The van der Waals surface area contributed by atoms with Gasteiger partial charge in [0.25, 0.3) is 0 Å². The minimum atomic E-state index is -0.361. The lowest BCUT2D eigenvalue weighted by atomic mass is 10.2. The van der Waals surface area contributed by atoms with E-state index in [1.165, 1.54) is 0 Å². The van der Waals surface area contributed by atoms with Crippen LogP contribution >= 0.6 is 0 Å². The fourth-order valence-electron chi connectivity index (χ4n) is 2.88. The molecule has 1 fully saturated rings. The lowest BCUT2D eigenvalue weighted by molar-refractivity contribution is -0.152. The van der Waals surface area contributed by atoms with Gasteiger partial charge in [0.1, 0.15) is 5.82 Å². The zero-order chi connectivity index (χ0) is 17.4.